The van der Waals surface area contributed by atoms with Crippen LogP contribution < -0.4 is 5.73 Å². The summed E-state index contributed by atoms with van der Waals surface area (Å²) in [6, 6.07) is 6.73. The van der Waals surface area contributed by atoms with Gasteiger partial charge in [0.15, 0.2) is 0 Å². The molecular formula is C16H20FN3. The Labute approximate surface area is 118 Å². The number of rotatable bonds is 3. The molecule has 0 saturated heterocycles. The number of aryl methyl sites for hydroxylation is 2. The monoisotopic (exact) mass is 273 g/mol. The molecule has 0 spiro atoms. The Kier molecular flexibility index (Phi) is 3.57. The van der Waals surface area contributed by atoms with E-state index in [2.05, 4.69) is 9.55 Å². The standard InChI is InChI=1S/C16H20FN3/c1-11-19-14-8-4-5-9-15(14)20(11)16(10-18)12-6-2-3-7-13(12)17/h2-3,6-7,16H,4-5,8-10,18H2,1H3. The molecule has 20 heavy (non-hydrogen) atoms. The third-order valence-corrected chi connectivity index (χ3v) is 4.15. The summed E-state index contributed by atoms with van der Waals surface area (Å²) in [7, 11) is 0. The van der Waals surface area contributed by atoms with Crippen molar-refractivity contribution in [2.45, 2.75) is 38.6 Å². The summed E-state index contributed by atoms with van der Waals surface area (Å²) in [5, 5.41) is 0. The summed E-state index contributed by atoms with van der Waals surface area (Å²) in [5.74, 6) is 0.746. The van der Waals surface area contributed by atoms with Crippen molar-refractivity contribution in [1.29, 1.82) is 0 Å². The van der Waals surface area contributed by atoms with Gasteiger partial charge in [0.2, 0.25) is 0 Å². The zero-order valence-corrected chi connectivity index (χ0v) is 11.8. The first-order valence-electron chi connectivity index (χ1n) is 7.23. The lowest BCUT2D eigenvalue weighted by atomic mass is 9.99. The maximum absolute atomic E-state index is 14.1. The van der Waals surface area contributed by atoms with E-state index in [9.17, 15) is 4.39 Å². The molecule has 1 aromatic carbocycles. The average molecular weight is 273 g/mol. The van der Waals surface area contributed by atoms with E-state index in [0.717, 1.165) is 18.7 Å². The minimum Gasteiger partial charge on any atom is -0.328 e. The minimum atomic E-state index is -0.194. The molecule has 3 rings (SSSR count). The SMILES string of the molecule is Cc1nc2c(n1C(CN)c1ccccc1F)CCCC2. The maximum atomic E-state index is 14.1. The number of hydrogen-bond donors (Lipinski definition) is 1. The molecule has 0 bridgehead atoms. The molecule has 1 aliphatic carbocycles. The average Bonchev–Trinajstić information content (AvgIpc) is 2.78. The number of hydrogen-bond acceptors (Lipinski definition) is 2. The Morgan fingerprint density at radius 3 is 2.80 bits per heavy atom. The smallest absolute Gasteiger partial charge is 0.128 e. The van der Waals surface area contributed by atoms with Crippen molar-refractivity contribution in [3.63, 3.8) is 0 Å². The van der Waals surface area contributed by atoms with E-state index < -0.39 is 0 Å². The Morgan fingerprint density at radius 1 is 1.30 bits per heavy atom. The van der Waals surface area contributed by atoms with Crippen LogP contribution in [0.1, 0.15) is 41.7 Å². The Balaban J connectivity index is 2.11. The van der Waals surface area contributed by atoms with Crippen molar-refractivity contribution in [2.75, 3.05) is 6.54 Å². The van der Waals surface area contributed by atoms with E-state index in [1.165, 1.54) is 30.3 Å². The van der Waals surface area contributed by atoms with E-state index in [1.54, 1.807) is 6.07 Å². The van der Waals surface area contributed by atoms with E-state index in [1.807, 2.05) is 19.1 Å². The van der Waals surface area contributed by atoms with Crippen molar-refractivity contribution >= 4 is 0 Å². The van der Waals surface area contributed by atoms with E-state index >= 15 is 0 Å². The highest BCUT2D eigenvalue weighted by molar-refractivity contribution is 5.28. The predicted octanol–water partition coefficient (Wildman–Crippen LogP) is 2.76. The lowest BCUT2D eigenvalue weighted by molar-refractivity contribution is 0.506. The largest absolute Gasteiger partial charge is 0.328 e. The van der Waals surface area contributed by atoms with Crippen LogP contribution >= 0.6 is 0 Å². The fourth-order valence-corrected chi connectivity index (χ4v) is 3.23. The van der Waals surface area contributed by atoms with Crippen LogP contribution in [0.4, 0.5) is 4.39 Å². The third-order valence-electron chi connectivity index (χ3n) is 4.15. The lowest BCUT2D eigenvalue weighted by Gasteiger charge is -2.23. The molecule has 1 atom stereocenters. The van der Waals surface area contributed by atoms with Crippen molar-refractivity contribution in [3.05, 3.63) is 52.9 Å². The normalized spacial score (nSPS) is 15.9. The number of nitrogens with two attached hydrogens (primary N) is 1. The Morgan fingerprint density at radius 2 is 2.05 bits per heavy atom. The molecule has 1 aliphatic rings. The van der Waals surface area contributed by atoms with Gasteiger partial charge in [-0.1, -0.05) is 18.2 Å². The van der Waals surface area contributed by atoms with Crippen LogP contribution in [0.2, 0.25) is 0 Å². The molecule has 2 aromatic rings. The first-order valence-corrected chi connectivity index (χ1v) is 7.23. The number of nitrogens with zero attached hydrogens (tertiary/aromatic N) is 2. The second-order valence-electron chi connectivity index (χ2n) is 5.40. The molecule has 0 aliphatic heterocycles. The summed E-state index contributed by atoms with van der Waals surface area (Å²) in [6.45, 7) is 2.37. The van der Waals surface area contributed by atoms with Crippen molar-refractivity contribution in [2.24, 2.45) is 5.73 Å². The van der Waals surface area contributed by atoms with Crippen molar-refractivity contribution < 1.29 is 4.39 Å². The highest BCUT2D eigenvalue weighted by atomic mass is 19.1. The van der Waals surface area contributed by atoms with Crippen LogP contribution in [-0.4, -0.2) is 16.1 Å². The van der Waals surface area contributed by atoms with Gasteiger partial charge in [-0.15, -0.1) is 0 Å². The van der Waals surface area contributed by atoms with Gasteiger partial charge >= 0.3 is 0 Å². The maximum Gasteiger partial charge on any atom is 0.128 e. The minimum absolute atomic E-state index is 0.162. The molecule has 1 heterocycles. The van der Waals surface area contributed by atoms with E-state index in [0.29, 0.717) is 12.1 Å². The van der Waals surface area contributed by atoms with Crippen LogP contribution in [0.5, 0.6) is 0 Å². The Hall–Kier alpha value is -1.68. The predicted molar refractivity (Wildman–Crippen MR) is 77.2 cm³/mol. The molecule has 106 valence electrons. The summed E-state index contributed by atoms with van der Waals surface area (Å²) in [4.78, 5) is 4.66. The fraction of sp³-hybridized carbons (Fsp3) is 0.438. The molecule has 1 aromatic heterocycles. The molecule has 0 fully saturated rings. The fourth-order valence-electron chi connectivity index (χ4n) is 3.23. The van der Waals surface area contributed by atoms with Crippen molar-refractivity contribution in [3.8, 4) is 0 Å². The van der Waals surface area contributed by atoms with Gasteiger partial charge in [-0.05, 0) is 38.7 Å². The molecule has 3 nitrogen and oxygen atoms in total. The summed E-state index contributed by atoms with van der Waals surface area (Å²) >= 11 is 0. The highest BCUT2D eigenvalue weighted by Crippen LogP contribution is 2.29. The van der Waals surface area contributed by atoms with Crippen LogP contribution in [0, 0.1) is 12.7 Å². The van der Waals surface area contributed by atoms with Crippen LogP contribution in [0.25, 0.3) is 0 Å². The summed E-state index contributed by atoms with van der Waals surface area (Å²) in [5.41, 5.74) is 9.02. The van der Waals surface area contributed by atoms with Gasteiger partial charge in [0.25, 0.3) is 0 Å². The summed E-state index contributed by atoms with van der Waals surface area (Å²) in [6.07, 6.45) is 4.40. The topological polar surface area (TPSA) is 43.8 Å². The number of fused-ring (bicyclic) bond motifs is 1. The van der Waals surface area contributed by atoms with Gasteiger partial charge in [0.05, 0.1) is 11.7 Å². The first kappa shape index (κ1) is 13.3. The molecule has 0 saturated carbocycles. The van der Waals surface area contributed by atoms with E-state index in [4.69, 9.17) is 5.73 Å². The second-order valence-corrected chi connectivity index (χ2v) is 5.40. The number of halogens is 1. The quantitative estimate of drug-likeness (QED) is 0.934. The van der Waals surface area contributed by atoms with E-state index in [-0.39, 0.29) is 11.9 Å². The van der Waals surface area contributed by atoms with Crippen LogP contribution in [-0.2, 0) is 12.8 Å². The van der Waals surface area contributed by atoms with Crippen molar-refractivity contribution in [1.82, 2.24) is 9.55 Å². The molecular weight excluding hydrogens is 253 g/mol. The number of aromatic nitrogens is 2. The molecule has 4 heteroatoms. The molecule has 1 unspecified atom stereocenters. The van der Waals surface area contributed by atoms with Gasteiger partial charge in [-0.2, -0.15) is 0 Å². The van der Waals surface area contributed by atoms with Crippen LogP contribution in [0.15, 0.2) is 24.3 Å². The second kappa shape index (κ2) is 5.37. The Bertz CT molecular complexity index is 618. The number of benzene rings is 1. The number of imidazole rings is 1. The lowest BCUT2D eigenvalue weighted by Crippen LogP contribution is -2.24. The molecule has 2 N–H and O–H groups in total. The zero-order chi connectivity index (χ0) is 14.1. The van der Waals surface area contributed by atoms with Gasteiger partial charge in [-0.25, -0.2) is 9.37 Å². The molecule has 0 amide bonds. The van der Waals surface area contributed by atoms with Gasteiger partial charge in [0.1, 0.15) is 11.6 Å². The summed E-state index contributed by atoms with van der Waals surface area (Å²) < 4.78 is 16.2. The van der Waals surface area contributed by atoms with Crippen LogP contribution in [0.3, 0.4) is 0 Å². The third kappa shape index (κ3) is 2.14. The molecule has 0 radical (unpaired) electrons. The van der Waals surface area contributed by atoms with Gasteiger partial charge in [-0.3, -0.25) is 0 Å². The van der Waals surface area contributed by atoms with Gasteiger partial charge in [0, 0.05) is 17.8 Å². The van der Waals surface area contributed by atoms with Gasteiger partial charge < -0.3 is 10.3 Å². The highest BCUT2D eigenvalue weighted by Gasteiger charge is 2.25. The first-order chi connectivity index (χ1) is 9.72. The zero-order valence-electron chi connectivity index (χ0n) is 11.8.